The Labute approximate surface area is 77.1 Å². The highest BCUT2D eigenvalue weighted by Gasteiger charge is 2.15. The van der Waals surface area contributed by atoms with E-state index >= 15 is 0 Å². The van der Waals surface area contributed by atoms with Crippen molar-refractivity contribution < 1.29 is 4.39 Å². The second-order valence-corrected chi connectivity index (χ2v) is 3.47. The van der Waals surface area contributed by atoms with Crippen molar-refractivity contribution in [3.05, 3.63) is 5.82 Å². The molecule has 1 rings (SSSR count). The Morgan fingerprint density at radius 1 is 1.38 bits per heavy atom. The lowest BCUT2D eigenvalue weighted by Gasteiger charge is -2.09. The van der Waals surface area contributed by atoms with Crippen molar-refractivity contribution in [2.24, 2.45) is 5.92 Å². The Kier molecular flexibility index (Phi) is 3.33. The van der Waals surface area contributed by atoms with Gasteiger partial charge in [-0.15, -0.1) is 10.2 Å². The molecule has 13 heavy (non-hydrogen) atoms. The first kappa shape index (κ1) is 10.1. The maximum absolute atomic E-state index is 11.9. The molecule has 74 valence electrons. The molecule has 1 unspecified atom stereocenters. The van der Waals surface area contributed by atoms with Crippen LogP contribution in [0.25, 0.3) is 0 Å². The number of rotatable bonds is 4. The summed E-state index contributed by atoms with van der Waals surface area (Å²) in [5.74, 6) is 1.44. The molecule has 0 fully saturated rings. The van der Waals surface area contributed by atoms with Crippen LogP contribution in [0, 0.1) is 5.92 Å². The van der Waals surface area contributed by atoms with Crippen molar-refractivity contribution in [1.82, 2.24) is 20.2 Å². The van der Waals surface area contributed by atoms with Gasteiger partial charge in [-0.2, -0.15) is 4.80 Å². The Hall–Kier alpha value is -1.00. The van der Waals surface area contributed by atoms with Gasteiger partial charge in [0.05, 0.1) is 6.54 Å². The number of nitrogens with zero attached hydrogens (tertiary/aromatic N) is 4. The van der Waals surface area contributed by atoms with Crippen LogP contribution in [0.1, 0.15) is 32.5 Å². The predicted molar refractivity (Wildman–Crippen MR) is 47.0 cm³/mol. The topological polar surface area (TPSA) is 43.6 Å². The molecule has 1 atom stereocenters. The largest absolute Gasteiger partial charge is 0.249 e. The average molecular weight is 186 g/mol. The summed E-state index contributed by atoms with van der Waals surface area (Å²) < 4.78 is 11.9. The third-order valence-electron chi connectivity index (χ3n) is 2.16. The molecule has 0 radical (unpaired) electrons. The standard InChI is InChI=1S/C8H15FN4/c1-6(2)7(3)8-10-12-13(11-8)5-4-9/h6-7H,4-5H2,1-3H3. The SMILES string of the molecule is CC(C)C(C)c1nnn(CCF)n1. The van der Waals surface area contributed by atoms with Gasteiger partial charge in [-0.05, 0) is 11.1 Å². The molecule has 0 aliphatic heterocycles. The highest BCUT2D eigenvalue weighted by atomic mass is 19.1. The average Bonchev–Trinajstić information content (AvgIpc) is 2.52. The number of hydrogen-bond acceptors (Lipinski definition) is 3. The highest BCUT2D eigenvalue weighted by Crippen LogP contribution is 2.18. The van der Waals surface area contributed by atoms with Crippen molar-refractivity contribution in [3.63, 3.8) is 0 Å². The highest BCUT2D eigenvalue weighted by molar-refractivity contribution is 4.89. The molecule has 0 saturated heterocycles. The zero-order chi connectivity index (χ0) is 9.84. The Balaban J connectivity index is 2.67. The van der Waals surface area contributed by atoms with E-state index in [0.29, 0.717) is 11.7 Å². The van der Waals surface area contributed by atoms with Crippen LogP contribution in [-0.4, -0.2) is 26.9 Å². The van der Waals surface area contributed by atoms with E-state index in [1.165, 1.54) is 4.80 Å². The Bertz CT molecular complexity index is 258. The zero-order valence-electron chi connectivity index (χ0n) is 8.24. The van der Waals surface area contributed by atoms with Gasteiger partial charge in [-0.3, -0.25) is 0 Å². The second kappa shape index (κ2) is 4.30. The van der Waals surface area contributed by atoms with Gasteiger partial charge in [-0.25, -0.2) is 4.39 Å². The first-order chi connectivity index (χ1) is 6.15. The first-order valence-corrected chi connectivity index (χ1v) is 4.48. The Morgan fingerprint density at radius 2 is 2.08 bits per heavy atom. The third kappa shape index (κ3) is 2.47. The number of aromatic nitrogens is 4. The molecule has 0 aliphatic rings. The fourth-order valence-electron chi connectivity index (χ4n) is 0.906. The number of halogens is 1. The van der Waals surface area contributed by atoms with Crippen LogP contribution in [0.4, 0.5) is 4.39 Å². The molecule has 1 heterocycles. The summed E-state index contributed by atoms with van der Waals surface area (Å²) in [5, 5.41) is 11.7. The normalized spacial score (nSPS) is 13.6. The summed E-state index contributed by atoms with van der Waals surface area (Å²) in [6, 6.07) is 0. The molecule has 0 saturated carbocycles. The number of alkyl halides is 1. The Morgan fingerprint density at radius 3 is 2.62 bits per heavy atom. The molecule has 1 aromatic heterocycles. The molecule has 0 aliphatic carbocycles. The minimum Gasteiger partial charge on any atom is -0.249 e. The number of tetrazole rings is 1. The molecular weight excluding hydrogens is 171 g/mol. The monoisotopic (exact) mass is 186 g/mol. The molecule has 0 bridgehead atoms. The lowest BCUT2D eigenvalue weighted by atomic mass is 9.98. The lowest BCUT2D eigenvalue weighted by Crippen LogP contribution is -2.07. The predicted octanol–water partition coefficient (Wildman–Crippen LogP) is 1.40. The van der Waals surface area contributed by atoms with Gasteiger partial charge in [0, 0.05) is 5.92 Å². The molecule has 5 heteroatoms. The summed E-state index contributed by atoms with van der Waals surface area (Å²) in [6.07, 6.45) is 0. The van der Waals surface area contributed by atoms with Crippen molar-refractivity contribution >= 4 is 0 Å². The summed E-state index contributed by atoms with van der Waals surface area (Å²) in [7, 11) is 0. The van der Waals surface area contributed by atoms with Gasteiger partial charge in [-0.1, -0.05) is 20.8 Å². The van der Waals surface area contributed by atoms with Crippen LogP contribution in [-0.2, 0) is 6.54 Å². The summed E-state index contributed by atoms with van der Waals surface area (Å²) >= 11 is 0. The first-order valence-electron chi connectivity index (χ1n) is 4.48. The van der Waals surface area contributed by atoms with E-state index in [4.69, 9.17) is 0 Å². The molecule has 0 spiro atoms. The maximum atomic E-state index is 11.9. The van der Waals surface area contributed by atoms with Crippen LogP contribution in [0.3, 0.4) is 0 Å². The van der Waals surface area contributed by atoms with E-state index in [-0.39, 0.29) is 12.5 Å². The third-order valence-corrected chi connectivity index (χ3v) is 2.16. The minimum absolute atomic E-state index is 0.192. The second-order valence-electron chi connectivity index (χ2n) is 3.47. The van der Waals surface area contributed by atoms with Gasteiger partial charge in [0.25, 0.3) is 0 Å². The molecule has 0 aromatic carbocycles. The van der Waals surface area contributed by atoms with Gasteiger partial charge in [0.1, 0.15) is 6.67 Å². The van der Waals surface area contributed by atoms with E-state index in [1.807, 2.05) is 6.92 Å². The lowest BCUT2D eigenvalue weighted by molar-refractivity contribution is 0.395. The van der Waals surface area contributed by atoms with Gasteiger partial charge < -0.3 is 0 Å². The number of hydrogen-bond donors (Lipinski definition) is 0. The van der Waals surface area contributed by atoms with E-state index in [1.54, 1.807) is 0 Å². The van der Waals surface area contributed by atoms with E-state index in [0.717, 1.165) is 0 Å². The molecular formula is C8H15FN4. The van der Waals surface area contributed by atoms with Crippen LogP contribution < -0.4 is 0 Å². The fraction of sp³-hybridized carbons (Fsp3) is 0.875. The quantitative estimate of drug-likeness (QED) is 0.714. The van der Waals surface area contributed by atoms with E-state index in [9.17, 15) is 4.39 Å². The molecule has 1 aromatic rings. The van der Waals surface area contributed by atoms with E-state index < -0.39 is 6.67 Å². The minimum atomic E-state index is -0.453. The molecule has 4 nitrogen and oxygen atoms in total. The van der Waals surface area contributed by atoms with Crippen LogP contribution >= 0.6 is 0 Å². The van der Waals surface area contributed by atoms with E-state index in [2.05, 4.69) is 29.3 Å². The van der Waals surface area contributed by atoms with Crippen molar-refractivity contribution in [3.8, 4) is 0 Å². The van der Waals surface area contributed by atoms with Gasteiger partial charge >= 0.3 is 0 Å². The van der Waals surface area contributed by atoms with Gasteiger partial charge in [0.2, 0.25) is 0 Å². The fourth-order valence-corrected chi connectivity index (χ4v) is 0.906. The van der Waals surface area contributed by atoms with Crippen LogP contribution in [0.2, 0.25) is 0 Å². The van der Waals surface area contributed by atoms with Gasteiger partial charge in [0.15, 0.2) is 5.82 Å². The molecule has 0 amide bonds. The summed E-state index contributed by atoms with van der Waals surface area (Å²) in [4.78, 5) is 1.30. The van der Waals surface area contributed by atoms with Crippen LogP contribution in [0.5, 0.6) is 0 Å². The van der Waals surface area contributed by atoms with Crippen molar-refractivity contribution in [1.29, 1.82) is 0 Å². The van der Waals surface area contributed by atoms with Crippen LogP contribution in [0.15, 0.2) is 0 Å². The zero-order valence-corrected chi connectivity index (χ0v) is 8.24. The maximum Gasteiger partial charge on any atom is 0.177 e. The summed E-state index contributed by atoms with van der Waals surface area (Å²) in [5.41, 5.74) is 0. The molecule has 0 N–H and O–H groups in total. The smallest absolute Gasteiger partial charge is 0.177 e. The summed E-state index contributed by atoms with van der Waals surface area (Å²) in [6.45, 7) is 5.98. The van der Waals surface area contributed by atoms with Crippen molar-refractivity contribution in [2.75, 3.05) is 6.67 Å². The van der Waals surface area contributed by atoms with Crippen molar-refractivity contribution in [2.45, 2.75) is 33.2 Å². The number of aryl methyl sites for hydroxylation is 1.